The Morgan fingerprint density at radius 1 is 0.356 bits per heavy atom. The van der Waals surface area contributed by atoms with E-state index in [4.69, 9.17) is 15.0 Å². The van der Waals surface area contributed by atoms with Gasteiger partial charge >= 0.3 is 0 Å². The smallest absolute Gasteiger partial charge is 0.164 e. The van der Waals surface area contributed by atoms with Gasteiger partial charge in [0.15, 0.2) is 17.5 Å². The fraction of sp³-hybridized carbons (Fsp3) is 0.103. The van der Waals surface area contributed by atoms with Crippen molar-refractivity contribution in [1.29, 1.82) is 0 Å². The van der Waals surface area contributed by atoms with Gasteiger partial charge in [0.05, 0.1) is 22.1 Å². The van der Waals surface area contributed by atoms with Gasteiger partial charge in [-0.15, -0.1) is 0 Å². The lowest BCUT2D eigenvalue weighted by molar-refractivity contribution is 0.661. The van der Waals surface area contributed by atoms with Crippen LogP contribution in [0.2, 0.25) is 0 Å². The molecule has 12 aromatic rings. The summed E-state index contributed by atoms with van der Waals surface area (Å²) in [5.41, 5.74) is 20.6. The third kappa shape index (κ3) is 6.00. The number of para-hydroxylation sites is 1. The largest absolute Gasteiger partial charge is 0.309 e. The first-order valence-corrected chi connectivity index (χ1v) is 25.7. The van der Waals surface area contributed by atoms with E-state index >= 15 is 0 Å². The molecule has 0 amide bonds. The van der Waals surface area contributed by atoms with Gasteiger partial charge in [-0.05, 0) is 135 Å². The van der Waals surface area contributed by atoms with Crippen molar-refractivity contribution >= 4 is 43.6 Å². The Morgan fingerprint density at radius 3 is 1.53 bits per heavy atom. The van der Waals surface area contributed by atoms with Crippen LogP contribution in [0.15, 0.2) is 224 Å². The van der Waals surface area contributed by atoms with E-state index in [1.165, 1.54) is 93.8 Å². The van der Waals surface area contributed by atoms with Crippen LogP contribution in [0.25, 0.3) is 111 Å². The SMILES string of the molecule is CC1(C)c2ccccc2-c2cc3c4cc(-c5ccc6c(c5)c5cc7c(cc5n6-c5cccc(-c6nc(-c8ccccc8)nc(-c8ccccc8)n6)c5)C5C6C=CC7C=CC65)ccc4n(-c4ccccc4)c3cc21. The molecule has 3 aromatic heterocycles. The third-order valence-corrected chi connectivity index (χ3v) is 16.8. The lowest BCUT2D eigenvalue weighted by Gasteiger charge is -2.21. The Balaban J connectivity index is 0.896. The summed E-state index contributed by atoms with van der Waals surface area (Å²) in [6.45, 7) is 4.74. The first-order valence-electron chi connectivity index (χ1n) is 25.7. The van der Waals surface area contributed by atoms with Crippen LogP contribution in [0.1, 0.15) is 47.9 Å². The zero-order chi connectivity index (χ0) is 48.1. The second-order valence-electron chi connectivity index (χ2n) is 21.1. The van der Waals surface area contributed by atoms with Crippen LogP contribution in [-0.4, -0.2) is 24.1 Å². The molecular weight excluding hydrogens is 887 g/mol. The third-order valence-electron chi connectivity index (χ3n) is 16.8. The minimum atomic E-state index is -0.103. The molecule has 5 nitrogen and oxygen atoms in total. The number of rotatable bonds is 6. The van der Waals surface area contributed by atoms with Crippen LogP contribution in [0.3, 0.4) is 0 Å². The molecule has 5 aliphatic rings. The topological polar surface area (TPSA) is 48.5 Å². The minimum absolute atomic E-state index is 0.103. The summed E-state index contributed by atoms with van der Waals surface area (Å²) in [5, 5.41) is 5.03. The van der Waals surface area contributed by atoms with Crippen molar-refractivity contribution in [2.75, 3.05) is 0 Å². The van der Waals surface area contributed by atoms with Crippen molar-refractivity contribution < 1.29 is 0 Å². The molecule has 0 N–H and O–H groups in total. The average molecular weight is 934 g/mol. The molecule has 5 aliphatic carbocycles. The maximum absolute atomic E-state index is 5.14. The number of fused-ring (bicyclic) bond motifs is 9. The Kier molecular flexibility index (Phi) is 8.40. The first kappa shape index (κ1) is 40.8. The Labute approximate surface area is 423 Å². The zero-order valence-corrected chi connectivity index (χ0v) is 40.4. The van der Waals surface area contributed by atoms with Crippen molar-refractivity contribution in [3.63, 3.8) is 0 Å². The summed E-state index contributed by atoms with van der Waals surface area (Å²) in [6, 6.07) is 73.3. The Hall–Kier alpha value is -8.93. The van der Waals surface area contributed by atoms with Crippen LogP contribution in [-0.2, 0) is 5.41 Å². The summed E-state index contributed by atoms with van der Waals surface area (Å²) in [4.78, 5) is 15.3. The number of allylic oxidation sites excluding steroid dienone is 4. The fourth-order valence-electron chi connectivity index (χ4n) is 13.1. The molecule has 2 atom stereocenters. The molecule has 0 radical (unpaired) electrons. The molecule has 0 spiro atoms. The van der Waals surface area contributed by atoms with Crippen LogP contribution in [0, 0.1) is 11.8 Å². The maximum Gasteiger partial charge on any atom is 0.164 e. The van der Waals surface area contributed by atoms with Crippen molar-refractivity contribution in [3.8, 4) is 67.8 Å². The van der Waals surface area contributed by atoms with E-state index < -0.39 is 0 Å². The molecule has 2 unspecified atom stereocenters. The second-order valence-corrected chi connectivity index (χ2v) is 21.1. The molecule has 4 bridgehead atoms. The fourth-order valence-corrected chi connectivity index (χ4v) is 13.1. The van der Waals surface area contributed by atoms with E-state index in [2.05, 4.69) is 211 Å². The van der Waals surface area contributed by atoms with Gasteiger partial charge in [0, 0.05) is 60.9 Å². The summed E-state index contributed by atoms with van der Waals surface area (Å²) in [6.07, 6.45) is 9.87. The number of aromatic nitrogens is 5. The summed E-state index contributed by atoms with van der Waals surface area (Å²) in [7, 11) is 0. The van der Waals surface area contributed by atoms with Gasteiger partial charge in [-0.3, -0.25) is 0 Å². The van der Waals surface area contributed by atoms with Crippen molar-refractivity contribution in [2.24, 2.45) is 11.8 Å². The number of benzene rings is 9. The monoisotopic (exact) mass is 933 g/mol. The Bertz CT molecular complexity index is 4290. The summed E-state index contributed by atoms with van der Waals surface area (Å²) in [5.74, 6) is 3.87. The molecule has 0 aliphatic heterocycles. The van der Waals surface area contributed by atoms with Gasteiger partial charge in [0.1, 0.15) is 0 Å². The van der Waals surface area contributed by atoms with Crippen molar-refractivity contribution in [1.82, 2.24) is 24.1 Å². The minimum Gasteiger partial charge on any atom is -0.309 e. The lowest BCUT2D eigenvalue weighted by Crippen LogP contribution is -2.14. The quantitative estimate of drug-likeness (QED) is 0.156. The highest BCUT2D eigenvalue weighted by molar-refractivity contribution is 6.14. The van der Waals surface area contributed by atoms with Gasteiger partial charge in [-0.1, -0.05) is 166 Å². The molecular formula is C68H47N5. The highest BCUT2D eigenvalue weighted by Crippen LogP contribution is 2.62. The van der Waals surface area contributed by atoms with E-state index in [9.17, 15) is 0 Å². The molecule has 1 saturated carbocycles. The molecule has 17 rings (SSSR count). The van der Waals surface area contributed by atoms with Gasteiger partial charge in [0.2, 0.25) is 0 Å². The molecule has 73 heavy (non-hydrogen) atoms. The number of nitrogens with zero attached hydrogens (tertiary/aromatic N) is 5. The highest BCUT2D eigenvalue weighted by atomic mass is 15.0. The second kappa shape index (κ2) is 15.0. The van der Waals surface area contributed by atoms with E-state index in [0.29, 0.717) is 35.2 Å². The summed E-state index contributed by atoms with van der Waals surface area (Å²) >= 11 is 0. The predicted molar refractivity (Wildman–Crippen MR) is 299 cm³/mol. The molecule has 3 heterocycles. The van der Waals surface area contributed by atoms with Gasteiger partial charge in [0.25, 0.3) is 0 Å². The highest BCUT2D eigenvalue weighted by Gasteiger charge is 2.51. The van der Waals surface area contributed by atoms with Crippen molar-refractivity contribution in [2.45, 2.75) is 31.1 Å². The number of hydrogen-bond acceptors (Lipinski definition) is 3. The van der Waals surface area contributed by atoms with E-state index in [0.717, 1.165) is 22.4 Å². The lowest BCUT2D eigenvalue weighted by atomic mass is 9.82. The first-order chi connectivity index (χ1) is 35.9. The molecule has 0 saturated heterocycles. The maximum atomic E-state index is 5.14. The summed E-state index contributed by atoms with van der Waals surface area (Å²) < 4.78 is 4.95. The molecule has 5 heteroatoms. The number of hydrogen-bond donors (Lipinski definition) is 0. The normalized spacial score (nSPS) is 18.5. The van der Waals surface area contributed by atoms with E-state index in [1.807, 2.05) is 36.4 Å². The van der Waals surface area contributed by atoms with Gasteiger partial charge in [-0.25, -0.2) is 15.0 Å². The van der Waals surface area contributed by atoms with Crippen LogP contribution < -0.4 is 0 Å². The standard InChI is InChI=1S/C68H47N5/c1-68(2)58-24-13-12-23-48(58)52-37-56-54-35-43(27-31-60(54)72(63(56)39-59(52)68)46-20-10-5-11-21-46)44-28-32-61-53(34-44)55-36-51-40-25-29-49-50(30-26-40)64(49)57(51)38-62(55)73(61)47-22-14-19-45(33-47)67-70-65(41-15-6-3-7-16-41)69-66(71-67)42-17-8-4-9-18-42/h3-40,49-50,64H,1-2H3. The van der Waals surface area contributed by atoms with Crippen LogP contribution in [0.4, 0.5) is 0 Å². The molecule has 344 valence electrons. The zero-order valence-electron chi connectivity index (χ0n) is 40.4. The van der Waals surface area contributed by atoms with Crippen molar-refractivity contribution in [3.05, 3.63) is 247 Å². The van der Waals surface area contributed by atoms with Crippen LogP contribution in [0.5, 0.6) is 0 Å². The van der Waals surface area contributed by atoms with Crippen LogP contribution >= 0.6 is 0 Å². The van der Waals surface area contributed by atoms with E-state index in [-0.39, 0.29) is 11.3 Å². The van der Waals surface area contributed by atoms with E-state index in [1.54, 1.807) is 0 Å². The van der Waals surface area contributed by atoms with Gasteiger partial charge < -0.3 is 9.13 Å². The average Bonchev–Trinajstić information content (AvgIpc) is 4.06. The predicted octanol–water partition coefficient (Wildman–Crippen LogP) is 16.6. The Morgan fingerprint density at radius 2 is 0.877 bits per heavy atom. The molecule has 1 fully saturated rings. The van der Waals surface area contributed by atoms with Gasteiger partial charge in [-0.2, -0.15) is 0 Å². The molecule has 9 aromatic carbocycles.